The van der Waals surface area contributed by atoms with E-state index in [-0.39, 0.29) is 0 Å². The van der Waals surface area contributed by atoms with Gasteiger partial charge in [0.25, 0.3) is 0 Å². The zero-order valence-electron chi connectivity index (χ0n) is 10.4. The normalized spacial score (nSPS) is 10.0. The van der Waals surface area contributed by atoms with Crippen LogP contribution >= 0.6 is 15.9 Å². The minimum atomic E-state index is 0.341. The SMILES string of the molecule is COc1ccc(C=O)cc1COc1ccccc1Br. The van der Waals surface area contributed by atoms with Crippen molar-refractivity contribution in [3.8, 4) is 11.5 Å². The van der Waals surface area contributed by atoms with E-state index in [1.54, 1.807) is 25.3 Å². The average Bonchev–Trinajstić information content (AvgIpc) is 2.46. The summed E-state index contributed by atoms with van der Waals surface area (Å²) < 4.78 is 11.9. The lowest BCUT2D eigenvalue weighted by molar-refractivity contribution is 0.112. The summed E-state index contributed by atoms with van der Waals surface area (Å²) in [6.45, 7) is 0.341. The molecule has 0 aliphatic carbocycles. The maximum absolute atomic E-state index is 10.8. The zero-order valence-corrected chi connectivity index (χ0v) is 12.0. The fraction of sp³-hybridized carbons (Fsp3) is 0.133. The minimum absolute atomic E-state index is 0.341. The van der Waals surface area contributed by atoms with Gasteiger partial charge in [-0.2, -0.15) is 0 Å². The summed E-state index contributed by atoms with van der Waals surface area (Å²) in [6, 6.07) is 12.9. The van der Waals surface area contributed by atoms with Crippen LogP contribution in [0.5, 0.6) is 11.5 Å². The van der Waals surface area contributed by atoms with Crippen LogP contribution in [0.2, 0.25) is 0 Å². The average molecular weight is 321 g/mol. The first-order valence-electron chi connectivity index (χ1n) is 5.74. The Morgan fingerprint density at radius 3 is 2.63 bits per heavy atom. The van der Waals surface area contributed by atoms with Crippen molar-refractivity contribution in [2.75, 3.05) is 7.11 Å². The van der Waals surface area contributed by atoms with Gasteiger partial charge in [0.05, 0.1) is 11.6 Å². The highest BCUT2D eigenvalue weighted by atomic mass is 79.9. The van der Waals surface area contributed by atoms with Crippen molar-refractivity contribution in [3.05, 3.63) is 58.1 Å². The van der Waals surface area contributed by atoms with Gasteiger partial charge in [-0.3, -0.25) is 4.79 Å². The number of rotatable bonds is 5. The van der Waals surface area contributed by atoms with E-state index < -0.39 is 0 Å². The molecule has 98 valence electrons. The maximum Gasteiger partial charge on any atom is 0.150 e. The van der Waals surface area contributed by atoms with Crippen LogP contribution in [0.1, 0.15) is 15.9 Å². The molecule has 4 heteroatoms. The molecule has 0 N–H and O–H groups in total. The molecular weight excluding hydrogens is 308 g/mol. The van der Waals surface area contributed by atoms with Gasteiger partial charge < -0.3 is 9.47 Å². The Labute approximate surface area is 120 Å². The molecule has 0 unspecified atom stereocenters. The molecule has 0 aromatic heterocycles. The highest BCUT2D eigenvalue weighted by Gasteiger charge is 2.06. The van der Waals surface area contributed by atoms with Crippen molar-refractivity contribution < 1.29 is 14.3 Å². The fourth-order valence-corrected chi connectivity index (χ4v) is 2.10. The van der Waals surface area contributed by atoms with Crippen LogP contribution in [0.15, 0.2) is 46.9 Å². The molecule has 0 heterocycles. The van der Waals surface area contributed by atoms with E-state index in [1.807, 2.05) is 24.3 Å². The monoisotopic (exact) mass is 320 g/mol. The molecule has 0 bridgehead atoms. The number of hydrogen-bond acceptors (Lipinski definition) is 3. The number of carbonyl (C=O) groups is 1. The van der Waals surface area contributed by atoms with E-state index in [4.69, 9.17) is 9.47 Å². The lowest BCUT2D eigenvalue weighted by Gasteiger charge is -2.11. The summed E-state index contributed by atoms with van der Waals surface area (Å²) in [6.07, 6.45) is 0.807. The van der Waals surface area contributed by atoms with Gasteiger partial charge in [-0.15, -0.1) is 0 Å². The number of carbonyl (C=O) groups excluding carboxylic acids is 1. The van der Waals surface area contributed by atoms with Crippen molar-refractivity contribution >= 4 is 22.2 Å². The second-order valence-corrected chi connectivity index (χ2v) is 4.76. The molecule has 19 heavy (non-hydrogen) atoms. The Morgan fingerprint density at radius 2 is 1.95 bits per heavy atom. The number of benzene rings is 2. The van der Waals surface area contributed by atoms with E-state index in [9.17, 15) is 4.79 Å². The molecular formula is C15H13BrO3. The number of halogens is 1. The molecule has 0 aliphatic heterocycles. The molecule has 0 aliphatic rings. The van der Waals surface area contributed by atoms with Crippen LogP contribution in [0, 0.1) is 0 Å². The van der Waals surface area contributed by atoms with Crippen LogP contribution < -0.4 is 9.47 Å². The summed E-state index contributed by atoms with van der Waals surface area (Å²) >= 11 is 3.42. The third kappa shape index (κ3) is 3.35. The van der Waals surface area contributed by atoms with Crippen LogP contribution in [0.25, 0.3) is 0 Å². The van der Waals surface area contributed by atoms with E-state index in [0.717, 1.165) is 22.1 Å². The van der Waals surface area contributed by atoms with Crippen molar-refractivity contribution in [2.45, 2.75) is 6.61 Å². The van der Waals surface area contributed by atoms with E-state index in [0.29, 0.717) is 17.9 Å². The first-order valence-corrected chi connectivity index (χ1v) is 6.53. The molecule has 0 spiro atoms. The highest BCUT2D eigenvalue weighted by molar-refractivity contribution is 9.10. The van der Waals surface area contributed by atoms with E-state index in [2.05, 4.69) is 15.9 Å². The number of para-hydroxylation sites is 1. The molecule has 2 rings (SSSR count). The Kier molecular flexibility index (Phi) is 4.58. The number of hydrogen-bond donors (Lipinski definition) is 0. The Morgan fingerprint density at radius 1 is 1.16 bits per heavy atom. The standard InChI is InChI=1S/C15H13BrO3/c1-18-14-7-6-11(9-17)8-12(14)10-19-15-5-3-2-4-13(15)16/h2-9H,10H2,1H3. The topological polar surface area (TPSA) is 35.5 Å². The highest BCUT2D eigenvalue weighted by Crippen LogP contribution is 2.26. The largest absolute Gasteiger partial charge is 0.496 e. The van der Waals surface area contributed by atoms with Crippen molar-refractivity contribution in [3.63, 3.8) is 0 Å². The first-order chi connectivity index (χ1) is 9.24. The summed E-state index contributed by atoms with van der Waals surface area (Å²) in [4.78, 5) is 10.8. The predicted molar refractivity (Wildman–Crippen MR) is 76.9 cm³/mol. The second kappa shape index (κ2) is 6.38. The van der Waals surface area contributed by atoms with Crippen molar-refractivity contribution in [2.24, 2.45) is 0 Å². The molecule has 0 amide bonds. The smallest absolute Gasteiger partial charge is 0.150 e. The molecule has 2 aromatic carbocycles. The van der Waals surface area contributed by atoms with Crippen molar-refractivity contribution in [1.82, 2.24) is 0 Å². The van der Waals surface area contributed by atoms with E-state index >= 15 is 0 Å². The summed E-state index contributed by atoms with van der Waals surface area (Å²) in [5.41, 5.74) is 1.44. The van der Waals surface area contributed by atoms with Gasteiger partial charge in [-0.25, -0.2) is 0 Å². The number of ether oxygens (including phenoxy) is 2. The van der Waals surface area contributed by atoms with E-state index in [1.165, 1.54) is 0 Å². The summed E-state index contributed by atoms with van der Waals surface area (Å²) in [5.74, 6) is 1.46. The second-order valence-electron chi connectivity index (χ2n) is 3.91. The number of methoxy groups -OCH3 is 1. The van der Waals surface area contributed by atoms with Crippen LogP contribution in [-0.2, 0) is 6.61 Å². The summed E-state index contributed by atoms with van der Waals surface area (Å²) in [7, 11) is 1.60. The predicted octanol–water partition coefficient (Wildman–Crippen LogP) is 3.85. The zero-order chi connectivity index (χ0) is 13.7. The number of aldehydes is 1. The third-order valence-corrected chi connectivity index (χ3v) is 3.32. The molecule has 0 atom stereocenters. The molecule has 3 nitrogen and oxygen atoms in total. The van der Waals surface area contributed by atoms with Crippen LogP contribution in [0.4, 0.5) is 0 Å². The van der Waals surface area contributed by atoms with Gasteiger partial charge in [0, 0.05) is 11.1 Å². The van der Waals surface area contributed by atoms with Gasteiger partial charge in [-0.1, -0.05) is 12.1 Å². The van der Waals surface area contributed by atoms with Crippen LogP contribution in [0.3, 0.4) is 0 Å². The van der Waals surface area contributed by atoms with Gasteiger partial charge in [0.15, 0.2) is 0 Å². The van der Waals surface area contributed by atoms with Gasteiger partial charge >= 0.3 is 0 Å². The van der Waals surface area contributed by atoms with Gasteiger partial charge in [-0.05, 0) is 46.3 Å². The minimum Gasteiger partial charge on any atom is -0.496 e. The Bertz CT molecular complexity index is 581. The quantitative estimate of drug-likeness (QED) is 0.785. The first kappa shape index (κ1) is 13.6. The Balaban J connectivity index is 2.19. The molecule has 0 fully saturated rings. The lowest BCUT2D eigenvalue weighted by Crippen LogP contribution is -2.00. The fourth-order valence-electron chi connectivity index (χ4n) is 1.70. The molecule has 2 aromatic rings. The Hall–Kier alpha value is -1.81. The summed E-state index contributed by atoms with van der Waals surface area (Å²) in [5, 5.41) is 0. The third-order valence-electron chi connectivity index (χ3n) is 2.66. The molecule has 0 radical (unpaired) electrons. The van der Waals surface area contributed by atoms with Gasteiger partial charge in [0.2, 0.25) is 0 Å². The van der Waals surface area contributed by atoms with Crippen LogP contribution in [-0.4, -0.2) is 13.4 Å². The maximum atomic E-state index is 10.8. The van der Waals surface area contributed by atoms with Gasteiger partial charge in [0.1, 0.15) is 24.4 Å². The molecule has 0 saturated carbocycles. The lowest BCUT2D eigenvalue weighted by atomic mass is 10.1. The van der Waals surface area contributed by atoms with Crippen molar-refractivity contribution in [1.29, 1.82) is 0 Å². The molecule has 0 saturated heterocycles.